The van der Waals surface area contributed by atoms with Crippen molar-refractivity contribution in [2.75, 3.05) is 7.11 Å². The largest absolute Gasteiger partial charge is 0.497 e. The smallest absolute Gasteiger partial charge is 0.329 e. The molecule has 0 aromatic heterocycles. The van der Waals surface area contributed by atoms with Gasteiger partial charge in [-0.15, -0.1) is 0 Å². The lowest BCUT2D eigenvalue weighted by Gasteiger charge is -2.29. The molecule has 0 spiro atoms. The Morgan fingerprint density at radius 2 is 1.82 bits per heavy atom. The molecule has 1 aliphatic carbocycles. The van der Waals surface area contributed by atoms with Crippen molar-refractivity contribution in [3.05, 3.63) is 29.3 Å². The summed E-state index contributed by atoms with van der Waals surface area (Å²) in [5.41, 5.74) is 0.122. The molecule has 1 aromatic carbocycles. The Labute approximate surface area is 130 Å². The van der Waals surface area contributed by atoms with E-state index in [0.29, 0.717) is 24.2 Å². The lowest BCUT2D eigenvalue weighted by molar-refractivity contribution is -0.145. The average molecular weight is 305 g/mol. The third kappa shape index (κ3) is 3.40. The van der Waals surface area contributed by atoms with Gasteiger partial charge in [0.25, 0.3) is 5.91 Å². The summed E-state index contributed by atoms with van der Waals surface area (Å²) in [5, 5.41) is 12.4. The maximum absolute atomic E-state index is 12.5. The molecule has 5 nitrogen and oxygen atoms in total. The number of benzene rings is 1. The molecule has 120 valence electrons. The van der Waals surface area contributed by atoms with Gasteiger partial charge in [-0.05, 0) is 43.5 Å². The molecular formula is C17H23NO4. The van der Waals surface area contributed by atoms with Crippen LogP contribution in [0.1, 0.15) is 54.4 Å². The molecule has 1 aromatic rings. The molecule has 0 aliphatic heterocycles. The normalized spacial score (nSPS) is 17.4. The van der Waals surface area contributed by atoms with Crippen LogP contribution in [0.25, 0.3) is 0 Å². The first-order valence-electron chi connectivity index (χ1n) is 7.69. The van der Waals surface area contributed by atoms with Crippen molar-refractivity contribution in [1.29, 1.82) is 0 Å². The molecule has 1 amide bonds. The number of rotatable bonds is 4. The van der Waals surface area contributed by atoms with Crippen LogP contribution in [0.3, 0.4) is 0 Å². The van der Waals surface area contributed by atoms with Gasteiger partial charge in [0, 0.05) is 5.56 Å². The van der Waals surface area contributed by atoms with Crippen LogP contribution in [0, 0.1) is 6.92 Å². The highest BCUT2D eigenvalue weighted by atomic mass is 16.5. The van der Waals surface area contributed by atoms with Gasteiger partial charge in [-0.3, -0.25) is 4.79 Å². The van der Waals surface area contributed by atoms with Gasteiger partial charge >= 0.3 is 5.97 Å². The highest BCUT2D eigenvalue weighted by Gasteiger charge is 2.40. The fourth-order valence-corrected chi connectivity index (χ4v) is 3.03. The summed E-state index contributed by atoms with van der Waals surface area (Å²) in [5.74, 6) is -0.588. The van der Waals surface area contributed by atoms with Gasteiger partial charge in [0.1, 0.15) is 11.3 Å². The van der Waals surface area contributed by atoms with Crippen LogP contribution in [-0.4, -0.2) is 29.6 Å². The van der Waals surface area contributed by atoms with Gasteiger partial charge in [0.2, 0.25) is 0 Å². The number of carbonyl (C=O) groups excluding carboxylic acids is 1. The van der Waals surface area contributed by atoms with Crippen molar-refractivity contribution in [2.45, 2.75) is 51.0 Å². The second-order valence-electron chi connectivity index (χ2n) is 5.94. The molecule has 0 radical (unpaired) electrons. The number of amides is 1. The molecule has 0 atom stereocenters. The Morgan fingerprint density at radius 3 is 2.32 bits per heavy atom. The Morgan fingerprint density at radius 1 is 1.18 bits per heavy atom. The van der Waals surface area contributed by atoms with Crippen molar-refractivity contribution in [3.63, 3.8) is 0 Å². The van der Waals surface area contributed by atoms with Crippen LogP contribution in [-0.2, 0) is 4.79 Å². The van der Waals surface area contributed by atoms with Crippen LogP contribution in [0.4, 0.5) is 0 Å². The van der Waals surface area contributed by atoms with Crippen LogP contribution in [0.2, 0.25) is 0 Å². The first-order valence-corrected chi connectivity index (χ1v) is 7.69. The standard InChI is InChI=1S/C17H23NO4/c1-12-11-13(22-2)7-8-14(12)15(19)18-17(16(20)21)9-5-3-4-6-10-17/h7-8,11H,3-6,9-10H2,1-2H3,(H,18,19)(H,20,21). The third-order valence-electron chi connectivity index (χ3n) is 4.40. The van der Waals surface area contributed by atoms with E-state index in [1.165, 1.54) is 0 Å². The number of hydrogen-bond acceptors (Lipinski definition) is 3. The lowest BCUT2D eigenvalue weighted by Crippen LogP contribution is -2.54. The van der Waals surface area contributed by atoms with Gasteiger partial charge in [0.05, 0.1) is 7.11 Å². The van der Waals surface area contributed by atoms with E-state index < -0.39 is 11.5 Å². The molecule has 1 saturated carbocycles. The summed E-state index contributed by atoms with van der Waals surface area (Å²) >= 11 is 0. The van der Waals surface area contributed by atoms with E-state index in [0.717, 1.165) is 31.2 Å². The predicted octanol–water partition coefficient (Wildman–Crippen LogP) is 2.91. The maximum atomic E-state index is 12.5. The lowest BCUT2D eigenvalue weighted by atomic mass is 9.89. The summed E-state index contributed by atoms with van der Waals surface area (Å²) in [6.45, 7) is 1.82. The number of nitrogens with one attached hydrogen (secondary N) is 1. The molecule has 2 N–H and O–H groups in total. The van der Waals surface area contributed by atoms with Gasteiger partial charge in [-0.1, -0.05) is 25.7 Å². The molecule has 0 heterocycles. The summed E-state index contributed by atoms with van der Waals surface area (Å²) < 4.78 is 5.13. The molecule has 0 saturated heterocycles. The summed E-state index contributed by atoms with van der Waals surface area (Å²) in [6, 6.07) is 5.16. The van der Waals surface area contributed by atoms with Crippen molar-refractivity contribution < 1.29 is 19.4 Å². The Kier molecular flexibility index (Phi) is 5.06. The average Bonchev–Trinajstić information content (AvgIpc) is 2.73. The zero-order valence-electron chi connectivity index (χ0n) is 13.1. The van der Waals surface area contributed by atoms with E-state index in [-0.39, 0.29) is 5.91 Å². The molecule has 0 unspecified atom stereocenters. The molecule has 2 rings (SSSR count). The van der Waals surface area contributed by atoms with Crippen molar-refractivity contribution in [2.24, 2.45) is 0 Å². The fraction of sp³-hybridized carbons (Fsp3) is 0.529. The molecule has 5 heteroatoms. The SMILES string of the molecule is COc1ccc(C(=O)NC2(C(=O)O)CCCCCC2)c(C)c1. The van der Waals surface area contributed by atoms with Crippen molar-refractivity contribution >= 4 is 11.9 Å². The first-order chi connectivity index (χ1) is 10.5. The van der Waals surface area contributed by atoms with E-state index >= 15 is 0 Å². The quantitative estimate of drug-likeness (QED) is 0.839. The molecule has 1 fully saturated rings. The fourth-order valence-electron chi connectivity index (χ4n) is 3.03. The van der Waals surface area contributed by atoms with Crippen molar-refractivity contribution in [3.8, 4) is 5.75 Å². The molecule has 1 aliphatic rings. The van der Waals surface area contributed by atoms with Crippen LogP contribution in [0.15, 0.2) is 18.2 Å². The molecular weight excluding hydrogens is 282 g/mol. The highest BCUT2D eigenvalue weighted by molar-refractivity contribution is 5.99. The minimum Gasteiger partial charge on any atom is -0.497 e. The number of carboxylic acid groups (broad SMARTS) is 1. The zero-order valence-corrected chi connectivity index (χ0v) is 13.1. The first kappa shape index (κ1) is 16.3. The van der Waals surface area contributed by atoms with Crippen molar-refractivity contribution in [1.82, 2.24) is 5.32 Å². The van der Waals surface area contributed by atoms with Crippen LogP contribution in [0.5, 0.6) is 5.75 Å². The van der Waals surface area contributed by atoms with Gasteiger partial charge < -0.3 is 15.2 Å². The highest BCUT2D eigenvalue weighted by Crippen LogP contribution is 2.28. The van der Waals surface area contributed by atoms with Crippen LogP contribution >= 0.6 is 0 Å². The Hall–Kier alpha value is -2.04. The monoisotopic (exact) mass is 305 g/mol. The summed E-state index contributed by atoms with van der Waals surface area (Å²) in [4.78, 5) is 24.3. The van der Waals surface area contributed by atoms with E-state index in [9.17, 15) is 14.7 Å². The minimum atomic E-state index is -1.14. The summed E-state index contributed by atoms with van der Waals surface area (Å²) in [7, 11) is 1.57. The van der Waals surface area contributed by atoms with Crippen LogP contribution < -0.4 is 10.1 Å². The van der Waals surface area contributed by atoms with Gasteiger partial charge in [-0.2, -0.15) is 0 Å². The number of ether oxygens (including phenoxy) is 1. The summed E-state index contributed by atoms with van der Waals surface area (Å²) in [6.07, 6.45) is 4.67. The van der Waals surface area contributed by atoms with E-state index in [2.05, 4.69) is 5.32 Å². The molecule has 22 heavy (non-hydrogen) atoms. The van der Waals surface area contributed by atoms with E-state index in [4.69, 9.17) is 4.74 Å². The zero-order chi connectivity index (χ0) is 16.2. The topological polar surface area (TPSA) is 75.6 Å². The van der Waals surface area contributed by atoms with Gasteiger partial charge in [-0.25, -0.2) is 4.79 Å². The van der Waals surface area contributed by atoms with E-state index in [1.807, 2.05) is 6.92 Å². The van der Waals surface area contributed by atoms with Gasteiger partial charge in [0.15, 0.2) is 0 Å². The number of aryl methyl sites for hydroxylation is 1. The third-order valence-corrected chi connectivity index (χ3v) is 4.40. The Balaban J connectivity index is 2.23. The minimum absolute atomic E-state index is 0.329. The number of methoxy groups -OCH3 is 1. The second kappa shape index (κ2) is 6.81. The number of carbonyl (C=O) groups is 2. The maximum Gasteiger partial charge on any atom is 0.329 e. The number of aliphatic carboxylic acids is 1. The second-order valence-corrected chi connectivity index (χ2v) is 5.94. The number of hydrogen-bond donors (Lipinski definition) is 2. The van der Waals surface area contributed by atoms with E-state index in [1.54, 1.807) is 25.3 Å². The molecule has 0 bridgehead atoms. The Bertz CT molecular complexity index is 560. The number of carboxylic acids is 1. The predicted molar refractivity (Wildman–Crippen MR) is 83.3 cm³/mol.